The monoisotopic (exact) mass is 339 g/mol. The Labute approximate surface area is 143 Å². The van der Waals surface area contributed by atoms with E-state index in [1.807, 2.05) is 18.2 Å². The Morgan fingerprint density at radius 1 is 1.08 bits per heavy atom. The fraction of sp³-hybridized carbons (Fsp3) is 0.211. The van der Waals surface area contributed by atoms with E-state index in [0.717, 1.165) is 22.4 Å². The number of rotatable bonds is 3. The van der Waals surface area contributed by atoms with Gasteiger partial charge in [-0.05, 0) is 36.8 Å². The molecule has 1 aromatic heterocycles. The first-order valence-electron chi connectivity index (χ1n) is 8.00. The molecular weight excluding hydrogens is 322 g/mol. The summed E-state index contributed by atoms with van der Waals surface area (Å²) in [5, 5.41) is 13.9. The summed E-state index contributed by atoms with van der Waals surface area (Å²) in [5.74, 6) is 1.54. The van der Waals surface area contributed by atoms with Crippen LogP contribution in [0.4, 0.5) is 5.69 Å². The van der Waals surface area contributed by atoms with Crippen molar-refractivity contribution in [1.82, 2.24) is 0 Å². The van der Waals surface area contributed by atoms with Crippen molar-refractivity contribution < 1.29 is 19.0 Å². The molecule has 0 spiro atoms. The molecule has 0 amide bonds. The first kappa shape index (κ1) is 15.4. The number of benzene rings is 2. The number of fused-ring (bicyclic) bond motifs is 2. The normalized spacial score (nSPS) is 13.0. The molecule has 0 fully saturated rings. The minimum Gasteiger partial charge on any atom is -0.508 e. The minimum absolute atomic E-state index is 0.104. The zero-order chi connectivity index (χ0) is 17.4. The molecule has 0 aliphatic carbocycles. The van der Waals surface area contributed by atoms with Gasteiger partial charge in [0.25, 0.3) is 0 Å². The van der Waals surface area contributed by atoms with Crippen LogP contribution in [0.2, 0.25) is 0 Å². The molecule has 2 heterocycles. The Balaban J connectivity index is 1.65. The van der Waals surface area contributed by atoms with Crippen LogP contribution < -0.4 is 20.4 Å². The molecule has 0 saturated carbocycles. The van der Waals surface area contributed by atoms with E-state index in [-0.39, 0.29) is 5.75 Å². The average molecular weight is 339 g/mol. The molecule has 4 rings (SSSR count). The van der Waals surface area contributed by atoms with E-state index in [4.69, 9.17) is 13.9 Å². The van der Waals surface area contributed by atoms with Crippen molar-refractivity contribution in [3.05, 3.63) is 57.9 Å². The van der Waals surface area contributed by atoms with Gasteiger partial charge < -0.3 is 24.3 Å². The lowest BCUT2D eigenvalue weighted by molar-refractivity contribution is 0.171. The van der Waals surface area contributed by atoms with E-state index in [0.29, 0.717) is 36.7 Å². The van der Waals surface area contributed by atoms with Crippen LogP contribution in [-0.4, -0.2) is 18.3 Å². The van der Waals surface area contributed by atoms with E-state index in [1.165, 1.54) is 6.07 Å². The van der Waals surface area contributed by atoms with Crippen LogP contribution in [0.1, 0.15) is 11.1 Å². The predicted octanol–water partition coefficient (Wildman–Crippen LogP) is 3.19. The number of hydrogen-bond donors (Lipinski definition) is 2. The maximum absolute atomic E-state index is 11.9. The second-order valence-electron chi connectivity index (χ2n) is 5.89. The summed E-state index contributed by atoms with van der Waals surface area (Å²) in [4.78, 5) is 11.9. The summed E-state index contributed by atoms with van der Waals surface area (Å²) < 4.78 is 16.3. The van der Waals surface area contributed by atoms with Crippen molar-refractivity contribution in [3.8, 4) is 17.2 Å². The third kappa shape index (κ3) is 2.87. The summed E-state index contributed by atoms with van der Waals surface area (Å²) in [6.07, 6.45) is 0. The van der Waals surface area contributed by atoms with Gasteiger partial charge in [0, 0.05) is 35.3 Å². The van der Waals surface area contributed by atoms with Crippen LogP contribution in [0.5, 0.6) is 17.2 Å². The highest BCUT2D eigenvalue weighted by Gasteiger charge is 2.13. The molecule has 2 N–H and O–H groups in total. The average Bonchev–Trinajstić information content (AvgIpc) is 2.63. The van der Waals surface area contributed by atoms with E-state index >= 15 is 0 Å². The molecule has 0 unspecified atom stereocenters. The topological polar surface area (TPSA) is 80.9 Å². The number of hydrogen-bond acceptors (Lipinski definition) is 6. The van der Waals surface area contributed by atoms with Crippen LogP contribution >= 0.6 is 0 Å². The lowest BCUT2D eigenvalue weighted by atomic mass is 10.1. The van der Waals surface area contributed by atoms with Crippen LogP contribution in [-0.2, 0) is 6.54 Å². The Hall–Kier alpha value is -3.15. The Bertz CT molecular complexity index is 1010. The van der Waals surface area contributed by atoms with Gasteiger partial charge in [0.05, 0.1) is 0 Å². The highest BCUT2D eigenvalue weighted by atomic mass is 16.6. The summed E-state index contributed by atoms with van der Waals surface area (Å²) in [5.41, 5.74) is 2.17. The van der Waals surface area contributed by atoms with Crippen molar-refractivity contribution in [2.75, 3.05) is 18.5 Å². The van der Waals surface area contributed by atoms with Crippen molar-refractivity contribution >= 4 is 16.7 Å². The molecular formula is C19H17NO5. The Morgan fingerprint density at radius 3 is 2.72 bits per heavy atom. The van der Waals surface area contributed by atoms with Gasteiger partial charge in [-0.3, -0.25) is 0 Å². The zero-order valence-electron chi connectivity index (χ0n) is 13.7. The SMILES string of the molecule is Cc1c(O)ccc2c(CNc3ccc4c(c3)OCCO4)cc(=O)oc12. The number of anilines is 1. The lowest BCUT2D eigenvalue weighted by Crippen LogP contribution is -2.15. The van der Waals surface area contributed by atoms with E-state index in [1.54, 1.807) is 19.1 Å². The molecule has 0 bridgehead atoms. The van der Waals surface area contributed by atoms with Gasteiger partial charge in [-0.1, -0.05) is 0 Å². The molecule has 6 nitrogen and oxygen atoms in total. The third-order valence-corrected chi connectivity index (χ3v) is 4.24. The maximum Gasteiger partial charge on any atom is 0.336 e. The van der Waals surface area contributed by atoms with Crippen molar-refractivity contribution in [2.24, 2.45) is 0 Å². The largest absolute Gasteiger partial charge is 0.508 e. The molecule has 0 atom stereocenters. The standard InChI is InChI=1S/C19H17NO5/c1-11-15(21)4-3-14-12(8-18(22)25-19(11)14)10-20-13-2-5-16-17(9-13)24-7-6-23-16/h2-5,8-9,20-21H,6-7,10H2,1H3. The van der Waals surface area contributed by atoms with Crippen molar-refractivity contribution in [1.29, 1.82) is 0 Å². The number of phenols is 1. The van der Waals surface area contributed by atoms with E-state index < -0.39 is 5.63 Å². The Morgan fingerprint density at radius 2 is 1.88 bits per heavy atom. The highest BCUT2D eigenvalue weighted by molar-refractivity contribution is 5.85. The van der Waals surface area contributed by atoms with Gasteiger partial charge in [-0.2, -0.15) is 0 Å². The smallest absolute Gasteiger partial charge is 0.336 e. The van der Waals surface area contributed by atoms with Gasteiger partial charge in [0.1, 0.15) is 24.5 Å². The maximum atomic E-state index is 11.9. The van der Waals surface area contributed by atoms with Crippen LogP contribution in [0.25, 0.3) is 11.0 Å². The molecule has 3 aromatic rings. The van der Waals surface area contributed by atoms with Crippen molar-refractivity contribution in [3.63, 3.8) is 0 Å². The van der Waals surface area contributed by atoms with Gasteiger partial charge in [-0.25, -0.2) is 4.79 Å². The predicted molar refractivity (Wildman–Crippen MR) is 93.6 cm³/mol. The fourth-order valence-corrected chi connectivity index (χ4v) is 2.91. The Kier molecular flexibility index (Phi) is 3.72. The summed E-state index contributed by atoms with van der Waals surface area (Å²) >= 11 is 0. The quantitative estimate of drug-likeness (QED) is 0.713. The summed E-state index contributed by atoms with van der Waals surface area (Å²) in [6.45, 7) is 3.24. The van der Waals surface area contributed by atoms with E-state index in [9.17, 15) is 9.90 Å². The second kappa shape index (κ2) is 6.05. The van der Waals surface area contributed by atoms with Gasteiger partial charge in [-0.15, -0.1) is 0 Å². The number of aryl methyl sites for hydroxylation is 1. The third-order valence-electron chi connectivity index (χ3n) is 4.24. The highest BCUT2D eigenvalue weighted by Crippen LogP contribution is 2.33. The minimum atomic E-state index is -0.444. The van der Waals surface area contributed by atoms with Crippen LogP contribution in [0.3, 0.4) is 0 Å². The molecule has 1 aliphatic rings. The summed E-state index contributed by atoms with van der Waals surface area (Å²) in [7, 11) is 0. The van der Waals surface area contributed by atoms with Crippen molar-refractivity contribution in [2.45, 2.75) is 13.5 Å². The number of nitrogens with one attached hydrogen (secondary N) is 1. The lowest BCUT2D eigenvalue weighted by Gasteiger charge is -2.19. The number of ether oxygens (including phenoxy) is 2. The molecule has 2 aromatic carbocycles. The number of phenolic OH excluding ortho intramolecular Hbond substituents is 1. The molecule has 25 heavy (non-hydrogen) atoms. The molecule has 0 saturated heterocycles. The fourth-order valence-electron chi connectivity index (χ4n) is 2.91. The van der Waals surface area contributed by atoms with Gasteiger partial charge in [0.2, 0.25) is 0 Å². The van der Waals surface area contributed by atoms with Gasteiger partial charge >= 0.3 is 5.63 Å². The second-order valence-corrected chi connectivity index (χ2v) is 5.89. The van der Waals surface area contributed by atoms with Crippen LogP contribution in [0.15, 0.2) is 45.6 Å². The molecule has 0 radical (unpaired) electrons. The van der Waals surface area contributed by atoms with Gasteiger partial charge in [0.15, 0.2) is 11.5 Å². The first-order chi connectivity index (χ1) is 12.1. The number of aromatic hydroxyl groups is 1. The van der Waals surface area contributed by atoms with Crippen LogP contribution in [0, 0.1) is 6.92 Å². The molecule has 128 valence electrons. The van der Waals surface area contributed by atoms with E-state index in [2.05, 4.69) is 5.32 Å². The summed E-state index contributed by atoms with van der Waals surface area (Å²) in [6, 6.07) is 10.4. The first-order valence-corrected chi connectivity index (χ1v) is 8.00. The molecule has 1 aliphatic heterocycles. The zero-order valence-corrected chi connectivity index (χ0v) is 13.7. The molecule has 6 heteroatoms.